The average molecular weight is 373 g/mol. The molecule has 0 bridgehead atoms. The molecule has 144 valence electrons. The molecule has 2 aliphatic heterocycles. The van der Waals surface area contributed by atoms with Crippen LogP contribution in [0.1, 0.15) is 27.7 Å². The molecule has 1 aromatic rings. The number of carbonyl (C=O) groups is 4. The molecule has 2 fully saturated rings. The molecule has 0 aromatic heterocycles. The molecule has 1 aromatic carbocycles. The molecule has 9 heteroatoms. The van der Waals surface area contributed by atoms with Gasteiger partial charge in [0, 0.05) is 5.69 Å². The van der Waals surface area contributed by atoms with Gasteiger partial charge in [0.05, 0.1) is 0 Å². The Morgan fingerprint density at radius 3 is 1.52 bits per heavy atom. The maximum absolute atomic E-state index is 12.5. The summed E-state index contributed by atoms with van der Waals surface area (Å²) in [5, 5.41) is 5.25. The van der Waals surface area contributed by atoms with Crippen LogP contribution in [-0.2, 0) is 9.59 Å². The van der Waals surface area contributed by atoms with Crippen LogP contribution < -0.4 is 15.5 Å². The SMILES string of the molecule is CC1(C)NC(=O)N(CN(CN2C(=O)NC(C)(C)C2=O)c2ccccc2)C1=O. The number of nitrogens with one attached hydrogen (secondary N) is 2. The second kappa shape index (κ2) is 6.26. The fraction of sp³-hybridized carbons (Fsp3) is 0.444. The van der Waals surface area contributed by atoms with Gasteiger partial charge in [-0.1, -0.05) is 18.2 Å². The highest BCUT2D eigenvalue weighted by Gasteiger charge is 2.47. The lowest BCUT2D eigenvalue weighted by molar-refractivity contribution is -0.130. The standard InChI is InChI=1S/C18H23N5O4/c1-17(2)13(24)22(15(26)19-17)10-21(12-8-6-5-7-9-12)11-23-14(25)18(3,4)20-16(23)27/h5-9H,10-11H2,1-4H3,(H,19,26)(H,20,27). The molecule has 3 rings (SSSR count). The van der Waals surface area contributed by atoms with Gasteiger partial charge in [-0.25, -0.2) is 19.4 Å². The van der Waals surface area contributed by atoms with E-state index in [1.54, 1.807) is 56.9 Å². The minimum absolute atomic E-state index is 0.0877. The average Bonchev–Trinajstić information content (AvgIpc) is 2.90. The topological polar surface area (TPSA) is 102 Å². The highest BCUT2D eigenvalue weighted by Crippen LogP contribution is 2.23. The highest BCUT2D eigenvalue weighted by atomic mass is 16.2. The van der Waals surface area contributed by atoms with Gasteiger partial charge in [0.2, 0.25) is 0 Å². The van der Waals surface area contributed by atoms with E-state index in [1.165, 1.54) is 0 Å². The molecule has 6 amide bonds. The second-order valence-corrected chi connectivity index (χ2v) is 7.73. The Morgan fingerprint density at radius 2 is 1.19 bits per heavy atom. The summed E-state index contributed by atoms with van der Waals surface area (Å²) in [5.74, 6) is -0.739. The molecule has 0 spiro atoms. The molecule has 27 heavy (non-hydrogen) atoms. The van der Waals surface area contributed by atoms with Crippen LogP contribution in [0.5, 0.6) is 0 Å². The van der Waals surface area contributed by atoms with E-state index in [1.807, 2.05) is 6.07 Å². The summed E-state index contributed by atoms with van der Waals surface area (Å²) in [6.45, 7) is 6.32. The van der Waals surface area contributed by atoms with Crippen LogP contribution in [0.2, 0.25) is 0 Å². The summed E-state index contributed by atoms with van der Waals surface area (Å²) in [6, 6.07) is 7.98. The largest absolute Gasteiger partial charge is 0.335 e. The smallest absolute Gasteiger partial charge is 0.326 e. The van der Waals surface area contributed by atoms with Crippen molar-refractivity contribution in [2.75, 3.05) is 18.2 Å². The molecule has 2 N–H and O–H groups in total. The Labute approximate surface area is 157 Å². The summed E-state index contributed by atoms with van der Waals surface area (Å²) < 4.78 is 0. The zero-order valence-corrected chi connectivity index (χ0v) is 15.8. The summed E-state index contributed by atoms with van der Waals surface area (Å²) >= 11 is 0. The zero-order valence-electron chi connectivity index (χ0n) is 15.8. The Bertz CT molecular complexity index is 757. The van der Waals surface area contributed by atoms with Gasteiger partial charge in [-0.3, -0.25) is 9.59 Å². The van der Waals surface area contributed by atoms with E-state index < -0.39 is 23.1 Å². The molecule has 0 aliphatic carbocycles. The van der Waals surface area contributed by atoms with Crippen molar-refractivity contribution in [3.8, 4) is 0 Å². The van der Waals surface area contributed by atoms with Crippen LogP contribution in [0.4, 0.5) is 15.3 Å². The maximum Gasteiger partial charge on any atom is 0.326 e. The van der Waals surface area contributed by atoms with E-state index in [2.05, 4.69) is 10.6 Å². The molecule has 2 heterocycles. The van der Waals surface area contributed by atoms with Crippen LogP contribution in [0.25, 0.3) is 0 Å². The number of nitrogens with zero attached hydrogens (tertiary/aromatic N) is 3. The number of hydrogen-bond acceptors (Lipinski definition) is 5. The number of carbonyl (C=O) groups excluding carboxylic acids is 4. The molecule has 2 aliphatic rings. The van der Waals surface area contributed by atoms with E-state index in [-0.39, 0.29) is 25.2 Å². The number of anilines is 1. The molecule has 0 atom stereocenters. The normalized spacial score (nSPS) is 20.7. The lowest BCUT2D eigenvalue weighted by Crippen LogP contribution is -2.49. The summed E-state index contributed by atoms with van der Waals surface area (Å²) in [6.07, 6.45) is 0. The molecule has 0 unspecified atom stereocenters. The second-order valence-electron chi connectivity index (χ2n) is 7.73. The number of benzene rings is 1. The van der Waals surface area contributed by atoms with Gasteiger partial charge in [0.1, 0.15) is 24.4 Å². The van der Waals surface area contributed by atoms with Gasteiger partial charge in [-0.05, 0) is 39.8 Å². The van der Waals surface area contributed by atoms with Gasteiger partial charge >= 0.3 is 12.1 Å². The minimum atomic E-state index is -0.998. The van der Waals surface area contributed by atoms with Gasteiger partial charge in [-0.15, -0.1) is 0 Å². The first-order valence-electron chi connectivity index (χ1n) is 8.61. The number of amides is 6. The Morgan fingerprint density at radius 1 is 0.778 bits per heavy atom. The summed E-state index contributed by atoms with van der Waals surface area (Å²) in [4.78, 5) is 53.3. The maximum atomic E-state index is 12.5. The van der Waals surface area contributed by atoms with Crippen LogP contribution >= 0.6 is 0 Å². The van der Waals surface area contributed by atoms with Crippen LogP contribution in [0.15, 0.2) is 30.3 Å². The number of rotatable bonds is 5. The monoisotopic (exact) mass is 373 g/mol. The highest BCUT2D eigenvalue weighted by molar-refractivity contribution is 6.07. The van der Waals surface area contributed by atoms with Crippen molar-refractivity contribution in [1.29, 1.82) is 0 Å². The predicted molar refractivity (Wildman–Crippen MR) is 97.6 cm³/mol. The van der Waals surface area contributed by atoms with E-state index >= 15 is 0 Å². The molecular weight excluding hydrogens is 350 g/mol. The third-order valence-electron chi connectivity index (χ3n) is 4.63. The number of para-hydroxylation sites is 1. The summed E-state index contributed by atoms with van der Waals surface area (Å²) in [5.41, 5.74) is -1.32. The van der Waals surface area contributed by atoms with Gasteiger partial charge < -0.3 is 15.5 Å². The van der Waals surface area contributed by atoms with Crippen molar-refractivity contribution in [2.24, 2.45) is 0 Å². The van der Waals surface area contributed by atoms with Crippen LogP contribution in [0.3, 0.4) is 0 Å². The van der Waals surface area contributed by atoms with Crippen molar-refractivity contribution >= 4 is 29.6 Å². The summed E-state index contributed by atoms with van der Waals surface area (Å²) in [7, 11) is 0. The van der Waals surface area contributed by atoms with Crippen LogP contribution in [-0.4, -0.2) is 58.1 Å². The molecule has 0 saturated carbocycles. The quantitative estimate of drug-likeness (QED) is 0.752. The van der Waals surface area contributed by atoms with Gasteiger partial charge in [-0.2, -0.15) is 0 Å². The molecule has 9 nitrogen and oxygen atoms in total. The number of imide groups is 2. The third kappa shape index (κ3) is 3.32. The lowest BCUT2D eigenvalue weighted by Gasteiger charge is -2.31. The first-order chi connectivity index (χ1) is 12.5. The van der Waals surface area contributed by atoms with Crippen molar-refractivity contribution in [3.05, 3.63) is 30.3 Å². The minimum Gasteiger partial charge on any atom is -0.335 e. The van der Waals surface area contributed by atoms with E-state index in [0.717, 1.165) is 9.80 Å². The Balaban J connectivity index is 1.87. The van der Waals surface area contributed by atoms with Crippen molar-refractivity contribution < 1.29 is 19.2 Å². The predicted octanol–water partition coefficient (Wildman–Crippen LogP) is 1.07. The zero-order chi connectivity index (χ0) is 20.0. The number of urea groups is 2. The number of hydrogen-bond donors (Lipinski definition) is 2. The van der Waals surface area contributed by atoms with E-state index in [9.17, 15) is 19.2 Å². The van der Waals surface area contributed by atoms with Crippen molar-refractivity contribution in [2.45, 2.75) is 38.8 Å². The van der Waals surface area contributed by atoms with E-state index in [4.69, 9.17) is 0 Å². The Kier molecular flexibility index (Phi) is 4.33. The first kappa shape index (κ1) is 18.7. The van der Waals surface area contributed by atoms with Crippen LogP contribution in [0, 0.1) is 0 Å². The molecule has 0 radical (unpaired) electrons. The first-order valence-corrected chi connectivity index (χ1v) is 8.61. The lowest BCUT2D eigenvalue weighted by atomic mass is 10.1. The van der Waals surface area contributed by atoms with Crippen molar-refractivity contribution in [3.63, 3.8) is 0 Å². The van der Waals surface area contributed by atoms with Gasteiger partial charge in [0.15, 0.2) is 0 Å². The Hall–Kier alpha value is -3.10. The fourth-order valence-electron chi connectivity index (χ4n) is 3.08. The van der Waals surface area contributed by atoms with Gasteiger partial charge in [0.25, 0.3) is 11.8 Å². The third-order valence-corrected chi connectivity index (χ3v) is 4.63. The fourth-order valence-corrected chi connectivity index (χ4v) is 3.08. The molecular formula is C18H23N5O4. The molecule has 2 saturated heterocycles. The van der Waals surface area contributed by atoms with Crippen molar-refractivity contribution in [1.82, 2.24) is 20.4 Å². The van der Waals surface area contributed by atoms with E-state index in [0.29, 0.717) is 5.69 Å².